The van der Waals surface area contributed by atoms with Gasteiger partial charge in [0.1, 0.15) is 5.76 Å². The number of aromatic carboxylic acids is 1. The van der Waals surface area contributed by atoms with Crippen LogP contribution in [0.1, 0.15) is 43.5 Å². The number of amides is 2. The smallest absolute Gasteiger partial charge is 0.371 e. The highest BCUT2D eigenvalue weighted by molar-refractivity contribution is 5.84. The van der Waals surface area contributed by atoms with Crippen LogP contribution in [-0.2, 0) is 6.54 Å². The molecule has 0 aromatic carbocycles. The Morgan fingerprint density at radius 3 is 2.58 bits per heavy atom. The summed E-state index contributed by atoms with van der Waals surface area (Å²) in [5.74, 6) is -0.822. The lowest BCUT2D eigenvalue weighted by Crippen LogP contribution is -2.44. The maximum Gasteiger partial charge on any atom is 0.371 e. The van der Waals surface area contributed by atoms with E-state index in [9.17, 15) is 9.59 Å². The number of carbonyl (C=O) groups is 2. The van der Waals surface area contributed by atoms with E-state index in [4.69, 9.17) is 9.52 Å². The molecule has 0 bridgehead atoms. The molecule has 0 aliphatic heterocycles. The minimum atomic E-state index is -1.12. The zero-order valence-electron chi connectivity index (χ0n) is 11.5. The van der Waals surface area contributed by atoms with E-state index in [1.54, 1.807) is 11.0 Å². The summed E-state index contributed by atoms with van der Waals surface area (Å²) in [7, 11) is 0. The molecule has 0 atom stereocenters. The van der Waals surface area contributed by atoms with Gasteiger partial charge in [0, 0.05) is 12.6 Å². The van der Waals surface area contributed by atoms with Gasteiger partial charge < -0.3 is 19.7 Å². The van der Waals surface area contributed by atoms with Crippen molar-refractivity contribution in [1.29, 1.82) is 0 Å². The molecule has 19 heavy (non-hydrogen) atoms. The Morgan fingerprint density at radius 1 is 1.42 bits per heavy atom. The van der Waals surface area contributed by atoms with Crippen LogP contribution in [0.2, 0.25) is 0 Å². The molecule has 1 aromatic rings. The summed E-state index contributed by atoms with van der Waals surface area (Å²) in [6.07, 6.45) is 0.884. The van der Waals surface area contributed by atoms with Gasteiger partial charge in [0.2, 0.25) is 5.76 Å². The van der Waals surface area contributed by atoms with Crippen LogP contribution >= 0.6 is 0 Å². The molecule has 2 N–H and O–H groups in total. The van der Waals surface area contributed by atoms with Crippen LogP contribution in [0.4, 0.5) is 4.79 Å². The lowest BCUT2D eigenvalue weighted by atomic mass is 10.3. The zero-order valence-corrected chi connectivity index (χ0v) is 11.5. The number of urea groups is 1. The lowest BCUT2D eigenvalue weighted by Gasteiger charge is -2.26. The molecule has 0 spiro atoms. The van der Waals surface area contributed by atoms with Crippen LogP contribution < -0.4 is 5.32 Å². The fourth-order valence-electron chi connectivity index (χ4n) is 1.69. The first-order valence-electron chi connectivity index (χ1n) is 6.32. The highest BCUT2D eigenvalue weighted by Crippen LogP contribution is 2.08. The molecule has 0 radical (unpaired) electrons. The average molecular weight is 268 g/mol. The van der Waals surface area contributed by atoms with Crippen molar-refractivity contribution in [2.24, 2.45) is 0 Å². The summed E-state index contributed by atoms with van der Waals surface area (Å²) in [5, 5.41) is 11.4. The number of hydrogen-bond donors (Lipinski definition) is 2. The molecule has 0 unspecified atom stereocenters. The molecule has 1 heterocycles. The fraction of sp³-hybridized carbons (Fsp3) is 0.538. The molecular weight excluding hydrogens is 248 g/mol. The number of carboxylic acids is 1. The van der Waals surface area contributed by atoms with Crippen LogP contribution in [0.3, 0.4) is 0 Å². The third kappa shape index (κ3) is 4.31. The van der Waals surface area contributed by atoms with Crippen molar-refractivity contribution < 1.29 is 19.1 Å². The second-order valence-corrected chi connectivity index (χ2v) is 4.52. The van der Waals surface area contributed by atoms with E-state index in [1.807, 2.05) is 20.8 Å². The Balaban J connectivity index is 2.54. The quantitative estimate of drug-likeness (QED) is 0.829. The van der Waals surface area contributed by atoms with Gasteiger partial charge in [0.15, 0.2) is 0 Å². The van der Waals surface area contributed by atoms with Crippen molar-refractivity contribution in [1.82, 2.24) is 10.2 Å². The molecule has 0 saturated heterocycles. The molecule has 0 fully saturated rings. The Kier molecular flexibility index (Phi) is 5.41. The van der Waals surface area contributed by atoms with E-state index >= 15 is 0 Å². The topological polar surface area (TPSA) is 82.8 Å². The van der Waals surface area contributed by atoms with Gasteiger partial charge >= 0.3 is 12.0 Å². The van der Waals surface area contributed by atoms with Crippen LogP contribution in [0, 0.1) is 0 Å². The molecule has 6 heteroatoms. The summed E-state index contributed by atoms with van der Waals surface area (Å²) in [6, 6.07) is 2.86. The van der Waals surface area contributed by atoms with Crippen molar-refractivity contribution in [2.45, 2.75) is 39.8 Å². The fourth-order valence-corrected chi connectivity index (χ4v) is 1.69. The van der Waals surface area contributed by atoms with E-state index in [-0.39, 0.29) is 24.4 Å². The number of carboxylic acid groups (broad SMARTS) is 1. The highest BCUT2D eigenvalue weighted by atomic mass is 16.4. The average Bonchev–Trinajstić information content (AvgIpc) is 2.81. The molecule has 6 nitrogen and oxygen atoms in total. The summed E-state index contributed by atoms with van der Waals surface area (Å²) in [4.78, 5) is 24.3. The minimum Gasteiger partial charge on any atom is -0.475 e. The van der Waals surface area contributed by atoms with E-state index in [0.29, 0.717) is 12.3 Å². The van der Waals surface area contributed by atoms with Crippen LogP contribution in [0.15, 0.2) is 16.5 Å². The Morgan fingerprint density at radius 2 is 2.11 bits per heavy atom. The van der Waals surface area contributed by atoms with E-state index in [1.165, 1.54) is 6.07 Å². The second kappa shape index (κ2) is 6.82. The largest absolute Gasteiger partial charge is 0.475 e. The van der Waals surface area contributed by atoms with E-state index < -0.39 is 5.97 Å². The summed E-state index contributed by atoms with van der Waals surface area (Å²) in [6.45, 7) is 6.77. The zero-order chi connectivity index (χ0) is 14.4. The van der Waals surface area contributed by atoms with Gasteiger partial charge in [-0.15, -0.1) is 0 Å². The molecule has 0 aliphatic rings. The van der Waals surface area contributed by atoms with Crippen molar-refractivity contribution in [3.8, 4) is 0 Å². The maximum absolute atomic E-state index is 11.9. The van der Waals surface area contributed by atoms with Gasteiger partial charge in [-0.1, -0.05) is 6.92 Å². The predicted molar refractivity (Wildman–Crippen MR) is 70.0 cm³/mol. The SMILES string of the molecule is CCCN(C(=O)NCc1ccc(C(=O)O)o1)C(C)C. The van der Waals surface area contributed by atoms with Crippen molar-refractivity contribution in [2.75, 3.05) is 6.54 Å². The maximum atomic E-state index is 11.9. The molecule has 1 aromatic heterocycles. The normalized spacial score (nSPS) is 10.5. The standard InChI is InChI=1S/C13H20N2O4/c1-4-7-15(9(2)3)13(18)14-8-10-5-6-11(19-10)12(16)17/h5-6,9H,4,7-8H2,1-3H3,(H,14,18)(H,16,17). The summed E-state index contributed by atoms with van der Waals surface area (Å²) < 4.78 is 5.06. The Labute approximate surface area is 112 Å². The first-order chi connectivity index (χ1) is 8.95. The molecule has 1 rings (SSSR count). The van der Waals surface area contributed by atoms with Crippen molar-refractivity contribution >= 4 is 12.0 Å². The van der Waals surface area contributed by atoms with Gasteiger partial charge in [-0.2, -0.15) is 0 Å². The van der Waals surface area contributed by atoms with Gasteiger partial charge in [-0.3, -0.25) is 0 Å². The number of nitrogens with one attached hydrogen (secondary N) is 1. The van der Waals surface area contributed by atoms with Crippen molar-refractivity contribution in [3.05, 3.63) is 23.7 Å². The van der Waals surface area contributed by atoms with Gasteiger partial charge in [-0.25, -0.2) is 9.59 Å². The second-order valence-electron chi connectivity index (χ2n) is 4.52. The number of nitrogens with zero attached hydrogens (tertiary/aromatic N) is 1. The minimum absolute atomic E-state index is 0.117. The summed E-state index contributed by atoms with van der Waals surface area (Å²) >= 11 is 0. The molecular formula is C13H20N2O4. The van der Waals surface area contributed by atoms with Crippen LogP contribution in [-0.4, -0.2) is 34.6 Å². The lowest BCUT2D eigenvalue weighted by molar-refractivity contribution is 0.0660. The first-order valence-corrected chi connectivity index (χ1v) is 6.32. The van der Waals surface area contributed by atoms with Crippen molar-refractivity contribution in [3.63, 3.8) is 0 Å². The number of carbonyl (C=O) groups excluding carboxylic acids is 1. The third-order valence-corrected chi connectivity index (χ3v) is 2.63. The number of hydrogen-bond acceptors (Lipinski definition) is 3. The molecule has 106 valence electrons. The highest BCUT2D eigenvalue weighted by Gasteiger charge is 2.16. The molecule has 0 aliphatic carbocycles. The first kappa shape index (κ1) is 15.1. The van der Waals surface area contributed by atoms with Gasteiger partial charge in [-0.05, 0) is 32.4 Å². The predicted octanol–water partition coefficient (Wildman–Crippen LogP) is 2.31. The number of rotatable bonds is 6. The third-order valence-electron chi connectivity index (χ3n) is 2.63. The molecule has 2 amide bonds. The number of furan rings is 1. The van der Waals surface area contributed by atoms with E-state index in [2.05, 4.69) is 5.32 Å². The van der Waals surface area contributed by atoms with Crippen LogP contribution in [0.25, 0.3) is 0 Å². The Bertz CT molecular complexity index is 440. The summed E-state index contributed by atoms with van der Waals surface area (Å²) in [5.41, 5.74) is 0. The monoisotopic (exact) mass is 268 g/mol. The molecule has 0 saturated carbocycles. The van der Waals surface area contributed by atoms with Gasteiger partial charge in [0.05, 0.1) is 6.54 Å². The Hall–Kier alpha value is -1.98. The van der Waals surface area contributed by atoms with Gasteiger partial charge in [0.25, 0.3) is 0 Å². The van der Waals surface area contributed by atoms with E-state index in [0.717, 1.165) is 6.42 Å². The van der Waals surface area contributed by atoms with Crippen LogP contribution in [0.5, 0.6) is 0 Å².